The number of fused-ring (bicyclic) bond motifs is 4. The highest BCUT2D eigenvalue weighted by molar-refractivity contribution is 7.18. The predicted molar refractivity (Wildman–Crippen MR) is 126 cm³/mol. The Morgan fingerprint density at radius 3 is 2.94 bits per heavy atom. The van der Waals surface area contributed by atoms with Crippen LogP contribution < -0.4 is 10.9 Å². The third-order valence-electron chi connectivity index (χ3n) is 6.80. The van der Waals surface area contributed by atoms with Crippen LogP contribution >= 0.6 is 11.3 Å². The third kappa shape index (κ3) is 3.43. The van der Waals surface area contributed by atoms with Gasteiger partial charge in [0.05, 0.1) is 22.7 Å². The fourth-order valence-corrected chi connectivity index (χ4v) is 5.99. The highest BCUT2D eigenvalue weighted by Crippen LogP contribution is 2.36. The first-order valence-corrected chi connectivity index (χ1v) is 12.3. The number of aromatic amines is 1. The number of rotatable bonds is 5. The highest BCUT2D eigenvalue weighted by atomic mass is 32.1. The molecule has 1 saturated carbocycles. The van der Waals surface area contributed by atoms with Crippen LogP contribution in [-0.2, 0) is 24.2 Å². The van der Waals surface area contributed by atoms with Gasteiger partial charge in [-0.2, -0.15) is 0 Å². The molecule has 0 unspecified atom stereocenters. The summed E-state index contributed by atoms with van der Waals surface area (Å²) in [6.45, 7) is 0.316. The quantitative estimate of drug-likeness (QED) is 0.471. The fraction of sp³-hybridized carbons (Fsp3) is 0.417. The van der Waals surface area contributed by atoms with Crippen LogP contribution in [0.1, 0.15) is 60.7 Å². The maximum absolute atomic E-state index is 13.1. The Labute approximate surface area is 188 Å². The van der Waals surface area contributed by atoms with Crippen molar-refractivity contribution in [2.45, 2.75) is 63.8 Å². The van der Waals surface area contributed by atoms with E-state index in [1.54, 1.807) is 22.2 Å². The number of thiophene rings is 1. The molecule has 4 aromatic rings. The molecule has 0 atom stereocenters. The van der Waals surface area contributed by atoms with Gasteiger partial charge in [-0.1, -0.05) is 6.42 Å². The molecule has 3 heterocycles. The van der Waals surface area contributed by atoms with Crippen LogP contribution in [-0.4, -0.2) is 25.4 Å². The summed E-state index contributed by atoms with van der Waals surface area (Å²) in [4.78, 5) is 40.4. The van der Waals surface area contributed by atoms with E-state index in [1.807, 2.05) is 18.2 Å². The number of hydrogen-bond donors (Lipinski definition) is 2. The number of aryl methyl sites for hydroxylation is 3. The molecule has 7 nitrogen and oxygen atoms in total. The summed E-state index contributed by atoms with van der Waals surface area (Å²) in [6, 6.07) is 5.74. The van der Waals surface area contributed by atoms with Crippen LogP contribution in [0.5, 0.6) is 0 Å². The van der Waals surface area contributed by atoms with E-state index in [9.17, 15) is 9.59 Å². The first-order chi connectivity index (χ1) is 15.7. The Hall–Kier alpha value is -3.00. The summed E-state index contributed by atoms with van der Waals surface area (Å²) in [6.07, 6.45) is 9.75. The monoisotopic (exact) mass is 447 g/mol. The molecule has 8 heteroatoms. The highest BCUT2D eigenvalue weighted by Gasteiger charge is 2.23. The molecule has 1 amide bonds. The van der Waals surface area contributed by atoms with Gasteiger partial charge in [0.15, 0.2) is 0 Å². The number of H-pyrrole nitrogens is 1. The Bertz CT molecular complexity index is 1390. The van der Waals surface area contributed by atoms with Crippen molar-refractivity contribution >= 4 is 44.2 Å². The molecule has 0 saturated heterocycles. The van der Waals surface area contributed by atoms with E-state index in [0.29, 0.717) is 12.5 Å². The number of carbonyl (C=O) groups is 1. The van der Waals surface area contributed by atoms with Crippen LogP contribution in [0.4, 0.5) is 5.69 Å². The zero-order chi connectivity index (χ0) is 21.7. The summed E-state index contributed by atoms with van der Waals surface area (Å²) >= 11 is 1.65. The van der Waals surface area contributed by atoms with Gasteiger partial charge >= 0.3 is 0 Å². The van der Waals surface area contributed by atoms with Gasteiger partial charge in [0.2, 0.25) is 5.91 Å². The lowest BCUT2D eigenvalue weighted by atomic mass is 9.85. The third-order valence-corrected chi connectivity index (χ3v) is 8.00. The van der Waals surface area contributed by atoms with Crippen LogP contribution in [0.25, 0.3) is 21.3 Å². The predicted octanol–water partition coefficient (Wildman–Crippen LogP) is 4.51. The van der Waals surface area contributed by atoms with E-state index in [4.69, 9.17) is 0 Å². The van der Waals surface area contributed by atoms with E-state index < -0.39 is 0 Å². The molecule has 0 spiro atoms. The standard InChI is InChI=1S/C24H25N5O2S/c30-20(26-15-8-9-17-18(12-15)28-22(27-17)14-4-3-5-14)10-11-29-13-25-23-21(24(29)31)16-6-1-2-7-19(16)32-23/h8-9,12-14H,1-7,10-11H2,(H,26,30)(H,27,28). The molecule has 2 aliphatic rings. The number of hydrogen-bond acceptors (Lipinski definition) is 5. The van der Waals surface area contributed by atoms with Crippen molar-refractivity contribution in [3.8, 4) is 0 Å². The first-order valence-electron chi connectivity index (χ1n) is 11.4. The fourth-order valence-electron chi connectivity index (χ4n) is 4.77. The second-order valence-corrected chi connectivity index (χ2v) is 10.00. The van der Waals surface area contributed by atoms with Crippen molar-refractivity contribution in [1.29, 1.82) is 0 Å². The molecule has 1 aromatic carbocycles. The zero-order valence-electron chi connectivity index (χ0n) is 17.8. The Morgan fingerprint density at radius 2 is 2.09 bits per heavy atom. The number of anilines is 1. The van der Waals surface area contributed by atoms with E-state index in [-0.39, 0.29) is 17.9 Å². The average molecular weight is 448 g/mol. The summed E-state index contributed by atoms with van der Waals surface area (Å²) in [7, 11) is 0. The number of benzene rings is 1. The van der Waals surface area contributed by atoms with Crippen LogP contribution in [0.2, 0.25) is 0 Å². The molecule has 2 N–H and O–H groups in total. The van der Waals surface area contributed by atoms with Gasteiger partial charge in [-0.3, -0.25) is 14.2 Å². The number of amides is 1. The van der Waals surface area contributed by atoms with Gasteiger partial charge in [-0.25, -0.2) is 9.97 Å². The Kier molecular flexibility index (Phi) is 4.82. The SMILES string of the molecule is O=C(CCn1cnc2sc3c(c2c1=O)CCCC3)Nc1ccc2nc(C3CCC3)[nH]c2c1. The average Bonchev–Trinajstić information content (AvgIpc) is 3.33. The lowest BCUT2D eigenvalue weighted by molar-refractivity contribution is -0.116. The summed E-state index contributed by atoms with van der Waals surface area (Å²) in [5.41, 5.74) is 3.76. The van der Waals surface area contributed by atoms with E-state index >= 15 is 0 Å². The van der Waals surface area contributed by atoms with E-state index in [1.165, 1.54) is 36.1 Å². The maximum atomic E-state index is 13.1. The number of imidazole rings is 1. The molecule has 2 aliphatic carbocycles. The molecule has 0 radical (unpaired) electrons. The number of nitrogens with one attached hydrogen (secondary N) is 2. The van der Waals surface area contributed by atoms with E-state index in [2.05, 4.69) is 20.3 Å². The van der Waals surface area contributed by atoms with Crippen molar-refractivity contribution in [3.05, 3.63) is 51.1 Å². The smallest absolute Gasteiger partial charge is 0.262 e. The molecule has 164 valence electrons. The maximum Gasteiger partial charge on any atom is 0.262 e. The molecular formula is C24H25N5O2S. The minimum atomic E-state index is -0.123. The number of carbonyl (C=O) groups excluding carboxylic acids is 1. The summed E-state index contributed by atoms with van der Waals surface area (Å²) in [5, 5.41) is 3.72. The minimum Gasteiger partial charge on any atom is -0.342 e. The van der Waals surface area contributed by atoms with E-state index in [0.717, 1.165) is 52.0 Å². The van der Waals surface area contributed by atoms with Gasteiger partial charge < -0.3 is 10.3 Å². The molecular weight excluding hydrogens is 422 g/mol. The minimum absolute atomic E-state index is 0.0235. The molecule has 0 bridgehead atoms. The molecule has 32 heavy (non-hydrogen) atoms. The normalized spacial score (nSPS) is 16.2. The summed E-state index contributed by atoms with van der Waals surface area (Å²) in [5.74, 6) is 1.47. The van der Waals surface area contributed by atoms with Gasteiger partial charge in [-0.15, -0.1) is 11.3 Å². The molecule has 1 fully saturated rings. The van der Waals surface area contributed by atoms with Crippen molar-refractivity contribution < 1.29 is 4.79 Å². The topological polar surface area (TPSA) is 92.7 Å². The van der Waals surface area contributed by atoms with Gasteiger partial charge in [0, 0.05) is 29.4 Å². The number of nitrogens with zero attached hydrogens (tertiary/aromatic N) is 3. The van der Waals surface area contributed by atoms with Gasteiger partial charge in [0.1, 0.15) is 10.7 Å². The van der Waals surface area contributed by atoms with Crippen LogP contribution in [0.3, 0.4) is 0 Å². The van der Waals surface area contributed by atoms with Gasteiger partial charge in [-0.05, 0) is 62.3 Å². The molecule has 6 rings (SSSR count). The molecule has 0 aliphatic heterocycles. The second kappa shape index (κ2) is 7.85. The second-order valence-electron chi connectivity index (χ2n) is 8.91. The van der Waals surface area contributed by atoms with Crippen molar-refractivity contribution in [2.24, 2.45) is 0 Å². The number of aromatic nitrogens is 4. The van der Waals surface area contributed by atoms with Crippen molar-refractivity contribution in [2.75, 3.05) is 5.32 Å². The van der Waals surface area contributed by atoms with Crippen molar-refractivity contribution in [3.63, 3.8) is 0 Å². The van der Waals surface area contributed by atoms with Crippen LogP contribution in [0.15, 0.2) is 29.3 Å². The van der Waals surface area contributed by atoms with Crippen molar-refractivity contribution in [1.82, 2.24) is 19.5 Å². The lowest BCUT2D eigenvalue weighted by Gasteiger charge is -2.22. The lowest BCUT2D eigenvalue weighted by Crippen LogP contribution is -2.24. The first kappa shape index (κ1) is 19.7. The van der Waals surface area contributed by atoms with Crippen LogP contribution in [0, 0.1) is 0 Å². The Balaban J connectivity index is 1.16. The Morgan fingerprint density at radius 1 is 1.22 bits per heavy atom. The molecule has 3 aromatic heterocycles. The van der Waals surface area contributed by atoms with Gasteiger partial charge in [0.25, 0.3) is 5.56 Å². The summed E-state index contributed by atoms with van der Waals surface area (Å²) < 4.78 is 1.58. The largest absolute Gasteiger partial charge is 0.342 e. The zero-order valence-corrected chi connectivity index (χ0v) is 18.6.